The van der Waals surface area contributed by atoms with Crippen LogP contribution >= 0.6 is 0 Å². The van der Waals surface area contributed by atoms with Gasteiger partial charge in [0.1, 0.15) is 17.6 Å². The Morgan fingerprint density at radius 3 is 2.83 bits per heavy atom. The van der Waals surface area contributed by atoms with Crippen LogP contribution < -0.4 is 10.2 Å². The Morgan fingerprint density at radius 2 is 2.17 bits per heavy atom. The molecule has 148 valence electrons. The summed E-state index contributed by atoms with van der Waals surface area (Å²) in [6, 6.07) is 7.96. The molecule has 1 fully saturated rings. The van der Waals surface area contributed by atoms with Gasteiger partial charge >= 0.3 is 6.09 Å². The lowest BCUT2D eigenvalue weighted by molar-refractivity contribution is -0.119. The molecule has 2 aromatic heterocycles. The highest BCUT2D eigenvalue weighted by Gasteiger charge is 2.32. The van der Waals surface area contributed by atoms with E-state index in [-0.39, 0.29) is 19.0 Å². The monoisotopic (exact) mass is 396 g/mol. The molecular weight excluding hydrogens is 379 g/mol. The Labute approximate surface area is 165 Å². The molecule has 29 heavy (non-hydrogen) atoms. The molecule has 1 aromatic carbocycles. The molecule has 0 unspecified atom stereocenters. The molecule has 8 nitrogen and oxygen atoms in total. The first-order valence-electron chi connectivity index (χ1n) is 8.88. The van der Waals surface area contributed by atoms with Crippen molar-refractivity contribution in [2.45, 2.75) is 13.0 Å². The number of anilines is 1. The SMILES string of the molecule is CC(=O)NC[C@H]1CN(c2ccc(-c3ccc(-c4cnco4)nc3)c(F)c2)C(=O)O1. The molecule has 1 aliphatic heterocycles. The van der Waals surface area contributed by atoms with Gasteiger partial charge in [-0.2, -0.15) is 0 Å². The van der Waals surface area contributed by atoms with Gasteiger partial charge in [-0.1, -0.05) is 6.07 Å². The average molecular weight is 396 g/mol. The molecular formula is C20H17FN4O4. The van der Waals surface area contributed by atoms with Crippen molar-refractivity contribution in [3.63, 3.8) is 0 Å². The van der Waals surface area contributed by atoms with E-state index in [0.29, 0.717) is 28.3 Å². The van der Waals surface area contributed by atoms with Crippen molar-refractivity contribution in [1.29, 1.82) is 0 Å². The maximum Gasteiger partial charge on any atom is 0.414 e. The molecule has 1 atom stereocenters. The van der Waals surface area contributed by atoms with Crippen molar-refractivity contribution in [3.05, 3.63) is 54.9 Å². The summed E-state index contributed by atoms with van der Waals surface area (Å²) < 4.78 is 25.1. The van der Waals surface area contributed by atoms with Crippen LogP contribution in [0.1, 0.15) is 6.92 Å². The number of oxazole rings is 1. The Hall–Kier alpha value is -3.75. The lowest BCUT2D eigenvalue weighted by Gasteiger charge is -2.14. The van der Waals surface area contributed by atoms with Crippen LogP contribution in [0.25, 0.3) is 22.6 Å². The molecule has 2 amide bonds. The minimum atomic E-state index is -0.578. The second-order valence-electron chi connectivity index (χ2n) is 6.52. The van der Waals surface area contributed by atoms with E-state index >= 15 is 0 Å². The summed E-state index contributed by atoms with van der Waals surface area (Å²) in [6.45, 7) is 1.82. The fourth-order valence-electron chi connectivity index (χ4n) is 3.04. The van der Waals surface area contributed by atoms with Gasteiger partial charge in [-0.15, -0.1) is 0 Å². The van der Waals surface area contributed by atoms with Gasteiger partial charge in [0, 0.05) is 24.2 Å². The third-order valence-corrected chi connectivity index (χ3v) is 4.48. The largest absolute Gasteiger partial charge is 0.442 e. The van der Waals surface area contributed by atoms with Gasteiger partial charge in [0.05, 0.1) is 25.0 Å². The van der Waals surface area contributed by atoms with E-state index < -0.39 is 18.0 Å². The van der Waals surface area contributed by atoms with Crippen LogP contribution in [0.4, 0.5) is 14.9 Å². The molecule has 0 saturated carbocycles. The number of hydrogen-bond donors (Lipinski definition) is 1. The fraction of sp³-hybridized carbons (Fsp3) is 0.200. The van der Waals surface area contributed by atoms with Crippen molar-refractivity contribution in [1.82, 2.24) is 15.3 Å². The highest BCUT2D eigenvalue weighted by Crippen LogP contribution is 2.29. The number of nitrogens with zero attached hydrogens (tertiary/aromatic N) is 3. The Balaban J connectivity index is 1.51. The zero-order chi connectivity index (χ0) is 20.4. The van der Waals surface area contributed by atoms with Crippen molar-refractivity contribution < 1.29 is 23.1 Å². The summed E-state index contributed by atoms with van der Waals surface area (Å²) in [4.78, 5) is 32.6. The number of rotatable bonds is 5. The molecule has 9 heteroatoms. The molecule has 0 spiro atoms. The number of halogens is 1. The lowest BCUT2D eigenvalue weighted by atomic mass is 10.1. The van der Waals surface area contributed by atoms with E-state index in [4.69, 9.17) is 9.15 Å². The maximum absolute atomic E-state index is 14.7. The number of aromatic nitrogens is 2. The van der Waals surface area contributed by atoms with Gasteiger partial charge in [-0.3, -0.25) is 14.7 Å². The minimum Gasteiger partial charge on any atom is -0.442 e. The number of cyclic esters (lactones) is 1. The van der Waals surface area contributed by atoms with Crippen LogP contribution in [0.15, 0.2) is 53.5 Å². The molecule has 1 aliphatic rings. The van der Waals surface area contributed by atoms with Gasteiger partial charge < -0.3 is 14.5 Å². The van der Waals surface area contributed by atoms with Crippen LogP contribution in [-0.2, 0) is 9.53 Å². The van der Waals surface area contributed by atoms with Crippen molar-refractivity contribution in [2.75, 3.05) is 18.0 Å². The summed E-state index contributed by atoms with van der Waals surface area (Å²) in [5.41, 5.74) is 1.92. The Morgan fingerprint density at radius 1 is 1.31 bits per heavy atom. The number of ether oxygens (including phenoxy) is 1. The average Bonchev–Trinajstić information content (AvgIpc) is 3.36. The van der Waals surface area contributed by atoms with E-state index in [1.165, 1.54) is 24.3 Å². The van der Waals surface area contributed by atoms with Gasteiger partial charge in [0.15, 0.2) is 12.2 Å². The Kier molecular flexibility index (Phi) is 4.94. The molecule has 4 rings (SSSR count). The first-order valence-corrected chi connectivity index (χ1v) is 8.88. The zero-order valence-corrected chi connectivity index (χ0v) is 15.5. The number of pyridine rings is 1. The summed E-state index contributed by atoms with van der Waals surface area (Å²) in [5.74, 6) is -0.179. The summed E-state index contributed by atoms with van der Waals surface area (Å²) in [6.07, 6.45) is 3.34. The van der Waals surface area contributed by atoms with Crippen LogP contribution in [0.5, 0.6) is 0 Å². The molecule has 3 aromatic rings. The smallest absolute Gasteiger partial charge is 0.414 e. The predicted molar refractivity (Wildman–Crippen MR) is 101 cm³/mol. The van der Waals surface area contributed by atoms with E-state index in [1.807, 2.05) is 0 Å². The van der Waals surface area contributed by atoms with E-state index in [2.05, 4.69) is 15.3 Å². The van der Waals surface area contributed by atoms with E-state index in [1.54, 1.807) is 36.7 Å². The first-order chi connectivity index (χ1) is 14.0. The van der Waals surface area contributed by atoms with E-state index in [0.717, 1.165) is 0 Å². The maximum atomic E-state index is 14.7. The quantitative estimate of drug-likeness (QED) is 0.712. The topological polar surface area (TPSA) is 97.6 Å². The third-order valence-electron chi connectivity index (χ3n) is 4.48. The van der Waals surface area contributed by atoms with Crippen LogP contribution in [0.3, 0.4) is 0 Å². The standard InChI is InChI=1S/C20H17FN4O4/c1-12(26)23-8-15-10-25(20(27)29-15)14-3-4-16(17(21)6-14)13-2-5-18(24-7-13)19-9-22-11-28-19/h2-7,9,11,15H,8,10H2,1H3,(H,23,26)/t15-/m0/s1. The van der Waals surface area contributed by atoms with E-state index in [9.17, 15) is 14.0 Å². The van der Waals surface area contributed by atoms with Crippen molar-refractivity contribution in [3.8, 4) is 22.6 Å². The van der Waals surface area contributed by atoms with Crippen molar-refractivity contribution >= 4 is 17.7 Å². The molecule has 0 aliphatic carbocycles. The zero-order valence-electron chi connectivity index (χ0n) is 15.5. The molecule has 1 saturated heterocycles. The van der Waals surface area contributed by atoms with Crippen molar-refractivity contribution in [2.24, 2.45) is 0 Å². The predicted octanol–water partition coefficient (Wildman–Crippen LogP) is 3.00. The number of nitrogens with one attached hydrogen (secondary N) is 1. The fourth-order valence-corrected chi connectivity index (χ4v) is 3.04. The van der Waals surface area contributed by atoms with Gasteiger partial charge in [0.25, 0.3) is 0 Å². The normalized spacial score (nSPS) is 16.0. The van der Waals surface area contributed by atoms with Crippen LogP contribution in [-0.4, -0.2) is 41.2 Å². The molecule has 3 heterocycles. The second-order valence-corrected chi connectivity index (χ2v) is 6.52. The lowest BCUT2D eigenvalue weighted by Crippen LogP contribution is -2.33. The number of carbonyl (C=O) groups is 2. The number of benzene rings is 1. The molecule has 0 bridgehead atoms. The highest BCUT2D eigenvalue weighted by molar-refractivity contribution is 5.90. The second kappa shape index (κ2) is 7.70. The van der Waals surface area contributed by atoms with Gasteiger partial charge in [-0.25, -0.2) is 14.2 Å². The number of carbonyl (C=O) groups excluding carboxylic acids is 2. The van der Waals surface area contributed by atoms with Crippen LogP contribution in [0, 0.1) is 5.82 Å². The van der Waals surface area contributed by atoms with Gasteiger partial charge in [0.2, 0.25) is 5.91 Å². The minimum absolute atomic E-state index is 0.210. The van der Waals surface area contributed by atoms with Crippen LogP contribution in [0.2, 0.25) is 0 Å². The molecule has 0 radical (unpaired) electrons. The summed E-state index contributed by atoms with van der Waals surface area (Å²) in [5, 5.41) is 2.60. The number of hydrogen-bond acceptors (Lipinski definition) is 6. The summed E-state index contributed by atoms with van der Waals surface area (Å²) in [7, 11) is 0. The molecule has 1 N–H and O–H groups in total. The first kappa shape index (κ1) is 18.6. The summed E-state index contributed by atoms with van der Waals surface area (Å²) >= 11 is 0. The number of amides is 2. The van der Waals surface area contributed by atoms with Gasteiger partial charge in [-0.05, 0) is 24.3 Å². The highest BCUT2D eigenvalue weighted by atomic mass is 19.1. The Bertz CT molecular complexity index is 1040. The third kappa shape index (κ3) is 3.93.